The SMILES string of the molecule is COCCN1C(=O)c2ccccc2N2C(=O)CC[C@]12C(=O)OCc1cc(C)cc(C)c1. The molecule has 2 aliphatic heterocycles. The molecule has 2 aliphatic rings. The fourth-order valence-corrected chi connectivity index (χ4v) is 4.65. The van der Waals surface area contributed by atoms with Crippen LogP contribution in [0.2, 0.25) is 0 Å². The fourth-order valence-electron chi connectivity index (χ4n) is 4.65. The zero-order chi connectivity index (χ0) is 22.2. The van der Waals surface area contributed by atoms with Crippen molar-refractivity contribution in [2.45, 2.75) is 39.0 Å². The Kier molecular flexibility index (Phi) is 5.54. The lowest BCUT2D eigenvalue weighted by molar-refractivity contribution is -0.159. The molecule has 0 unspecified atom stereocenters. The van der Waals surface area contributed by atoms with Crippen LogP contribution in [0.15, 0.2) is 42.5 Å². The number of fused-ring (bicyclic) bond motifs is 3. The van der Waals surface area contributed by atoms with E-state index < -0.39 is 11.6 Å². The van der Waals surface area contributed by atoms with Crippen LogP contribution in [-0.2, 0) is 25.7 Å². The predicted octanol–water partition coefficient (Wildman–Crippen LogP) is 2.97. The van der Waals surface area contributed by atoms with E-state index in [1.807, 2.05) is 32.0 Å². The van der Waals surface area contributed by atoms with Crippen LogP contribution < -0.4 is 4.90 Å². The summed E-state index contributed by atoms with van der Waals surface area (Å²) >= 11 is 0. The van der Waals surface area contributed by atoms with Gasteiger partial charge in [0.1, 0.15) is 6.61 Å². The number of aryl methyl sites for hydroxylation is 2. The second-order valence-corrected chi connectivity index (χ2v) is 8.08. The molecule has 2 aromatic rings. The predicted molar refractivity (Wildman–Crippen MR) is 115 cm³/mol. The molecule has 7 nitrogen and oxygen atoms in total. The second kappa shape index (κ2) is 8.15. The highest BCUT2D eigenvalue weighted by Gasteiger charge is 2.61. The Balaban J connectivity index is 1.73. The Morgan fingerprint density at radius 2 is 1.81 bits per heavy atom. The van der Waals surface area contributed by atoms with Crippen molar-refractivity contribution in [1.82, 2.24) is 4.90 Å². The standard InChI is InChI=1S/C24H26N2O5/c1-16-12-17(2)14-18(13-16)15-31-23(29)24-9-8-21(27)26(24)20-7-5-4-6-19(20)22(28)25(24)10-11-30-3/h4-7,12-14H,8-11,15H2,1-3H3/t24-/m0/s1. The first-order valence-electron chi connectivity index (χ1n) is 10.4. The minimum Gasteiger partial charge on any atom is -0.458 e. The van der Waals surface area contributed by atoms with Gasteiger partial charge in [0.25, 0.3) is 5.91 Å². The Morgan fingerprint density at radius 1 is 1.10 bits per heavy atom. The van der Waals surface area contributed by atoms with Crippen LogP contribution in [0.25, 0.3) is 0 Å². The van der Waals surface area contributed by atoms with Crippen LogP contribution in [0, 0.1) is 13.8 Å². The molecular weight excluding hydrogens is 396 g/mol. The first kappa shape index (κ1) is 21.1. The van der Waals surface area contributed by atoms with Gasteiger partial charge in [0, 0.05) is 26.5 Å². The first-order chi connectivity index (χ1) is 14.9. The number of carbonyl (C=O) groups excluding carboxylic acids is 3. The quantitative estimate of drug-likeness (QED) is 0.669. The molecule has 2 heterocycles. The maximum Gasteiger partial charge on any atom is 0.354 e. The summed E-state index contributed by atoms with van der Waals surface area (Å²) in [6.07, 6.45) is 0.338. The highest BCUT2D eigenvalue weighted by molar-refractivity contribution is 6.15. The molecule has 1 fully saturated rings. The fraction of sp³-hybridized carbons (Fsp3) is 0.375. The van der Waals surface area contributed by atoms with Gasteiger partial charge in [0.2, 0.25) is 11.6 Å². The van der Waals surface area contributed by atoms with Crippen molar-refractivity contribution in [2.75, 3.05) is 25.2 Å². The Morgan fingerprint density at radius 3 is 2.52 bits per heavy atom. The third kappa shape index (κ3) is 3.49. The molecule has 0 aliphatic carbocycles. The number of amides is 2. The molecule has 0 saturated carbocycles. The summed E-state index contributed by atoms with van der Waals surface area (Å²) in [6, 6.07) is 12.8. The van der Waals surface area contributed by atoms with E-state index in [2.05, 4.69) is 0 Å². The van der Waals surface area contributed by atoms with E-state index >= 15 is 0 Å². The third-order valence-corrected chi connectivity index (χ3v) is 5.87. The van der Waals surface area contributed by atoms with Crippen molar-refractivity contribution >= 4 is 23.5 Å². The molecule has 0 spiro atoms. The van der Waals surface area contributed by atoms with Gasteiger partial charge in [-0.05, 0) is 31.5 Å². The number of para-hydroxylation sites is 1. The number of hydrogen-bond donors (Lipinski definition) is 0. The Bertz CT molecular complexity index is 1030. The van der Waals surface area contributed by atoms with Crippen molar-refractivity contribution in [3.05, 3.63) is 64.7 Å². The third-order valence-electron chi connectivity index (χ3n) is 5.87. The lowest BCUT2D eigenvalue weighted by Gasteiger charge is -2.48. The van der Waals surface area contributed by atoms with E-state index in [4.69, 9.17) is 9.47 Å². The van der Waals surface area contributed by atoms with Gasteiger partial charge >= 0.3 is 5.97 Å². The largest absolute Gasteiger partial charge is 0.458 e. The number of rotatable bonds is 6. The van der Waals surface area contributed by atoms with Crippen molar-refractivity contribution in [1.29, 1.82) is 0 Å². The molecule has 0 bridgehead atoms. The van der Waals surface area contributed by atoms with Gasteiger partial charge < -0.3 is 14.4 Å². The van der Waals surface area contributed by atoms with Crippen LogP contribution in [-0.4, -0.2) is 48.6 Å². The minimum absolute atomic E-state index is 0.0685. The molecule has 31 heavy (non-hydrogen) atoms. The normalized spacial score (nSPS) is 20.0. The van der Waals surface area contributed by atoms with Crippen molar-refractivity contribution < 1.29 is 23.9 Å². The number of hydrogen-bond acceptors (Lipinski definition) is 5. The van der Waals surface area contributed by atoms with Gasteiger partial charge in [-0.3, -0.25) is 14.5 Å². The highest BCUT2D eigenvalue weighted by atomic mass is 16.5. The van der Waals surface area contributed by atoms with Gasteiger partial charge in [0.15, 0.2) is 0 Å². The molecule has 4 rings (SSSR count). The summed E-state index contributed by atoms with van der Waals surface area (Å²) < 4.78 is 10.9. The molecule has 1 atom stereocenters. The highest BCUT2D eigenvalue weighted by Crippen LogP contribution is 2.45. The molecule has 2 aromatic carbocycles. The maximum atomic E-state index is 13.6. The molecule has 1 saturated heterocycles. The van der Waals surface area contributed by atoms with Crippen LogP contribution in [0.3, 0.4) is 0 Å². The molecule has 2 amide bonds. The van der Waals surface area contributed by atoms with E-state index in [0.717, 1.165) is 16.7 Å². The zero-order valence-corrected chi connectivity index (χ0v) is 18.0. The van der Waals surface area contributed by atoms with E-state index in [0.29, 0.717) is 11.3 Å². The lowest BCUT2D eigenvalue weighted by Crippen LogP contribution is -2.68. The second-order valence-electron chi connectivity index (χ2n) is 8.08. The monoisotopic (exact) mass is 422 g/mol. The maximum absolute atomic E-state index is 13.6. The smallest absolute Gasteiger partial charge is 0.354 e. The van der Waals surface area contributed by atoms with E-state index in [1.165, 1.54) is 16.9 Å². The number of nitrogens with zero attached hydrogens (tertiary/aromatic N) is 2. The van der Waals surface area contributed by atoms with Crippen LogP contribution in [0.5, 0.6) is 0 Å². The summed E-state index contributed by atoms with van der Waals surface area (Å²) in [5, 5.41) is 0. The molecule has 0 N–H and O–H groups in total. The lowest BCUT2D eigenvalue weighted by atomic mass is 9.96. The van der Waals surface area contributed by atoms with Crippen LogP contribution in [0.1, 0.15) is 39.9 Å². The average Bonchev–Trinajstić information content (AvgIpc) is 3.09. The topological polar surface area (TPSA) is 76.2 Å². The molecule has 0 aromatic heterocycles. The first-order valence-corrected chi connectivity index (χ1v) is 10.4. The van der Waals surface area contributed by atoms with Gasteiger partial charge in [-0.25, -0.2) is 4.79 Å². The number of methoxy groups -OCH3 is 1. The number of carbonyl (C=O) groups is 3. The summed E-state index contributed by atoms with van der Waals surface area (Å²) in [5.41, 5.74) is 2.36. The number of anilines is 1. The summed E-state index contributed by atoms with van der Waals surface area (Å²) in [4.78, 5) is 42.7. The number of benzene rings is 2. The van der Waals surface area contributed by atoms with Crippen LogP contribution >= 0.6 is 0 Å². The van der Waals surface area contributed by atoms with Gasteiger partial charge in [-0.15, -0.1) is 0 Å². The molecule has 7 heteroatoms. The molecular formula is C24H26N2O5. The molecule has 0 radical (unpaired) electrons. The summed E-state index contributed by atoms with van der Waals surface area (Å²) in [5.74, 6) is -1.11. The van der Waals surface area contributed by atoms with E-state index in [9.17, 15) is 14.4 Å². The van der Waals surface area contributed by atoms with Crippen molar-refractivity contribution in [2.24, 2.45) is 0 Å². The van der Waals surface area contributed by atoms with E-state index in [1.54, 1.807) is 24.3 Å². The Labute approximate surface area is 181 Å². The number of esters is 1. The van der Waals surface area contributed by atoms with Crippen LogP contribution in [0.4, 0.5) is 5.69 Å². The minimum atomic E-state index is -1.50. The number of ether oxygens (including phenoxy) is 2. The van der Waals surface area contributed by atoms with Gasteiger partial charge in [0.05, 0.1) is 17.9 Å². The average molecular weight is 422 g/mol. The zero-order valence-electron chi connectivity index (χ0n) is 18.0. The van der Waals surface area contributed by atoms with E-state index in [-0.39, 0.29) is 44.4 Å². The Hall–Kier alpha value is -3.19. The van der Waals surface area contributed by atoms with Gasteiger partial charge in [-0.1, -0.05) is 41.5 Å². The van der Waals surface area contributed by atoms with Crippen molar-refractivity contribution in [3.63, 3.8) is 0 Å². The molecule has 162 valence electrons. The van der Waals surface area contributed by atoms with Crippen molar-refractivity contribution in [3.8, 4) is 0 Å². The van der Waals surface area contributed by atoms with Gasteiger partial charge in [-0.2, -0.15) is 0 Å². The summed E-state index contributed by atoms with van der Waals surface area (Å²) in [6.45, 7) is 4.45. The summed E-state index contributed by atoms with van der Waals surface area (Å²) in [7, 11) is 1.53.